The fourth-order valence-electron chi connectivity index (χ4n) is 1.30. The van der Waals surface area contributed by atoms with Crippen LogP contribution in [0.3, 0.4) is 0 Å². The molecule has 0 aromatic heterocycles. The molecule has 2 fully saturated rings. The highest BCUT2D eigenvalue weighted by Gasteiger charge is 2.58. The first-order valence-corrected chi connectivity index (χ1v) is 3.79. The van der Waals surface area contributed by atoms with Crippen molar-refractivity contribution < 1.29 is 23.7 Å². The number of ether oxygens (including phenoxy) is 4. The van der Waals surface area contributed by atoms with Gasteiger partial charge in [-0.15, -0.1) is 0 Å². The second-order valence-corrected chi connectivity index (χ2v) is 2.81. The molecule has 0 spiro atoms. The Labute approximate surface area is 69.5 Å². The van der Waals surface area contributed by atoms with Gasteiger partial charge in [-0.25, -0.2) is 0 Å². The zero-order chi connectivity index (χ0) is 8.77. The van der Waals surface area contributed by atoms with E-state index in [1.54, 1.807) is 13.8 Å². The number of carbonyl (C=O) groups excluding carboxylic acids is 1. The first-order valence-electron chi connectivity index (χ1n) is 3.79. The smallest absolute Gasteiger partial charge is 0.283 e. The van der Waals surface area contributed by atoms with Crippen LogP contribution in [0.4, 0.5) is 0 Å². The van der Waals surface area contributed by atoms with Crippen molar-refractivity contribution in [3.05, 3.63) is 0 Å². The third-order valence-corrected chi connectivity index (χ3v) is 1.82. The molecule has 0 aliphatic carbocycles. The molecule has 2 aliphatic rings. The summed E-state index contributed by atoms with van der Waals surface area (Å²) in [5.74, 6) is -1.31. The highest BCUT2D eigenvalue weighted by Crippen LogP contribution is 2.37. The van der Waals surface area contributed by atoms with Gasteiger partial charge in [0.2, 0.25) is 6.29 Å². The lowest BCUT2D eigenvalue weighted by Gasteiger charge is -2.50. The molecule has 0 radical (unpaired) electrons. The van der Waals surface area contributed by atoms with Crippen molar-refractivity contribution in [2.75, 3.05) is 0 Å². The number of hydrogen-bond donors (Lipinski definition) is 0. The molecule has 0 saturated carbocycles. The Hall–Kier alpha value is -0.490. The fourth-order valence-corrected chi connectivity index (χ4v) is 1.30. The van der Waals surface area contributed by atoms with Crippen LogP contribution < -0.4 is 0 Å². The lowest BCUT2D eigenvalue weighted by Crippen LogP contribution is -2.67. The highest BCUT2D eigenvalue weighted by molar-refractivity contribution is 5.62. The van der Waals surface area contributed by atoms with E-state index in [2.05, 4.69) is 0 Å². The van der Waals surface area contributed by atoms with Crippen molar-refractivity contribution in [1.29, 1.82) is 0 Å². The van der Waals surface area contributed by atoms with Crippen molar-refractivity contribution in [3.63, 3.8) is 0 Å². The molecule has 0 aromatic carbocycles. The fraction of sp³-hybridized carbons (Fsp3) is 0.857. The predicted molar refractivity (Wildman–Crippen MR) is 35.8 cm³/mol. The predicted octanol–water partition coefficient (Wildman–Crippen LogP) is -0.00670. The molecule has 2 heterocycles. The summed E-state index contributed by atoms with van der Waals surface area (Å²) in [7, 11) is 0. The molecule has 0 unspecified atom stereocenters. The molecule has 2 saturated heterocycles. The molecular formula is C7H10O5. The minimum Gasteiger partial charge on any atom is -0.318 e. The van der Waals surface area contributed by atoms with E-state index < -0.39 is 12.1 Å². The summed E-state index contributed by atoms with van der Waals surface area (Å²) >= 11 is 0. The Morgan fingerprint density at radius 3 is 2.08 bits per heavy atom. The Morgan fingerprint density at radius 2 is 1.75 bits per heavy atom. The summed E-state index contributed by atoms with van der Waals surface area (Å²) in [6.07, 6.45) is -0.793. The van der Waals surface area contributed by atoms with E-state index >= 15 is 0 Å². The molecule has 2 rings (SSSR count). The maximum absolute atomic E-state index is 10.6. The molecular weight excluding hydrogens is 164 g/mol. The largest absolute Gasteiger partial charge is 0.318 e. The third kappa shape index (κ3) is 0.980. The van der Waals surface area contributed by atoms with Crippen molar-refractivity contribution in [2.45, 2.75) is 38.5 Å². The summed E-state index contributed by atoms with van der Waals surface area (Å²) < 4.78 is 20.3. The van der Waals surface area contributed by atoms with Gasteiger partial charge in [0.25, 0.3) is 5.79 Å². The molecule has 2 aliphatic heterocycles. The van der Waals surface area contributed by atoms with Gasteiger partial charge in [-0.05, 0) is 13.8 Å². The molecule has 0 atom stereocenters. The molecule has 0 aromatic rings. The first kappa shape index (κ1) is 8.12. The van der Waals surface area contributed by atoms with Gasteiger partial charge >= 0.3 is 0 Å². The molecule has 0 N–H and O–H groups in total. The van der Waals surface area contributed by atoms with E-state index in [0.29, 0.717) is 6.29 Å². The van der Waals surface area contributed by atoms with E-state index in [0.717, 1.165) is 0 Å². The van der Waals surface area contributed by atoms with E-state index in [9.17, 15) is 4.79 Å². The standard InChI is InChI=1S/C7H10O5/c1-4-9-6(10-4)7(3-8)11-5(2)12-7/h3-6H,1-2H3. The maximum Gasteiger partial charge on any atom is 0.283 e. The zero-order valence-electron chi connectivity index (χ0n) is 6.85. The Balaban J connectivity index is 1.96. The van der Waals surface area contributed by atoms with Crippen LogP contribution in [0.25, 0.3) is 0 Å². The van der Waals surface area contributed by atoms with Crippen LogP contribution in [-0.2, 0) is 23.7 Å². The van der Waals surface area contributed by atoms with Crippen LogP contribution >= 0.6 is 0 Å². The van der Waals surface area contributed by atoms with Crippen molar-refractivity contribution in [1.82, 2.24) is 0 Å². The monoisotopic (exact) mass is 174 g/mol. The Morgan fingerprint density at radius 1 is 1.17 bits per heavy atom. The van der Waals surface area contributed by atoms with Crippen LogP contribution in [0.5, 0.6) is 0 Å². The number of hydrogen-bond acceptors (Lipinski definition) is 5. The summed E-state index contributed by atoms with van der Waals surface area (Å²) in [5, 5.41) is 0. The minimum absolute atomic E-state index is 0.282. The summed E-state index contributed by atoms with van der Waals surface area (Å²) in [5.41, 5.74) is 0. The van der Waals surface area contributed by atoms with Crippen molar-refractivity contribution in [3.8, 4) is 0 Å². The van der Waals surface area contributed by atoms with E-state index in [4.69, 9.17) is 18.9 Å². The molecule has 12 heavy (non-hydrogen) atoms. The van der Waals surface area contributed by atoms with Gasteiger partial charge in [-0.3, -0.25) is 4.79 Å². The quantitative estimate of drug-likeness (QED) is 0.551. The number of aldehydes is 1. The van der Waals surface area contributed by atoms with Gasteiger partial charge < -0.3 is 18.9 Å². The summed E-state index contributed by atoms with van der Waals surface area (Å²) in [6, 6.07) is 0. The van der Waals surface area contributed by atoms with Crippen LogP contribution in [0, 0.1) is 0 Å². The normalized spacial score (nSPS) is 52.3. The molecule has 0 amide bonds. The molecule has 0 bridgehead atoms. The van der Waals surface area contributed by atoms with Crippen LogP contribution in [0.15, 0.2) is 0 Å². The van der Waals surface area contributed by atoms with Crippen LogP contribution in [0.2, 0.25) is 0 Å². The highest BCUT2D eigenvalue weighted by atomic mass is 17.0. The first-order chi connectivity index (χ1) is 5.66. The van der Waals surface area contributed by atoms with Gasteiger partial charge in [0.05, 0.1) is 0 Å². The second-order valence-electron chi connectivity index (χ2n) is 2.81. The average Bonchev–Trinajstić information content (AvgIpc) is 1.93. The lowest BCUT2D eigenvalue weighted by molar-refractivity contribution is -0.528. The topological polar surface area (TPSA) is 54.0 Å². The Kier molecular flexibility index (Phi) is 1.69. The van der Waals surface area contributed by atoms with Gasteiger partial charge in [0.1, 0.15) is 0 Å². The van der Waals surface area contributed by atoms with E-state index in [1.807, 2.05) is 0 Å². The maximum atomic E-state index is 10.6. The molecule has 68 valence electrons. The van der Waals surface area contributed by atoms with Crippen molar-refractivity contribution >= 4 is 6.29 Å². The van der Waals surface area contributed by atoms with Crippen LogP contribution in [-0.4, -0.2) is 30.9 Å². The lowest BCUT2D eigenvalue weighted by atomic mass is 10.2. The van der Waals surface area contributed by atoms with E-state index in [1.165, 1.54) is 0 Å². The Bertz CT molecular complexity index is 192. The molecule has 5 nitrogen and oxygen atoms in total. The number of rotatable bonds is 2. The zero-order valence-corrected chi connectivity index (χ0v) is 6.85. The van der Waals surface area contributed by atoms with Crippen molar-refractivity contribution in [2.24, 2.45) is 0 Å². The van der Waals surface area contributed by atoms with Crippen LogP contribution in [0.1, 0.15) is 13.8 Å². The minimum atomic E-state index is -1.31. The second kappa shape index (κ2) is 2.50. The van der Waals surface area contributed by atoms with Gasteiger partial charge in [0.15, 0.2) is 18.9 Å². The number of carbonyl (C=O) groups is 1. The summed E-state index contributed by atoms with van der Waals surface area (Å²) in [6.45, 7) is 3.43. The SMILES string of the molecule is CC1OC(C2(C=O)OC(C)O2)O1. The summed E-state index contributed by atoms with van der Waals surface area (Å²) in [4.78, 5) is 10.6. The molecule has 5 heteroatoms. The third-order valence-electron chi connectivity index (χ3n) is 1.82. The average molecular weight is 174 g/mol. The van der Waals surface area contributed by atoms with Gasteiger partial charge in [-0.1, -0.05) is 0 Å². The van der Waals surface area contributed by atoms with Gasteiger partial charge in [0, 0.05) is 0 Å². The van der Waals surface area contributed by atoms with Gasteiger partial charge in [-0.2, -0.15) is 0 Å². The van der Waals surface area contributed by atoms with E-state index in [-0.39, 0.29) is 12.6 Å².